The van der Waals surface area contributed by atoms with Crippen molar-refractivity contribution < 1.29 is 19.4 Å². The van der Waals surface area contributed by atoms with Crippen LogP contribution in [0.15, 0.2) is 24.7 Å². The maximum atomic E-state index is 11.9. The number of rotatable bonds is 6. The third-order valence-electron chi connectivity index (χ3n) is 2.24. The van der Waals surface area contributed by atoms with E-state index in [9.17, 15) is 9.90 Å². The van der Waals surface area contributed by atoms with Gasteiger partial charge in [-0.15, -0.1) is 0 Å². The van der Waals surface area contributed by atoms with Crippen molar-refractivity contribution in [2.24, 2.45) is 0 Å². The molecule has 2 N–H and O–H groups in total. The van der Waals surface area contributed by atoms with E-state index in [1.165, 1.54) is 0 Å². The molecule has 0 saturated heterocycles. The predicted molar refractivity (Wildman–Crippen MR) is 84.1 cm³/mol. The number of hydrogen-bond acceptors (Lipinski definition) is 4. The molecule has 0 aliphatic heterocycles. The summed E-state index contributed by atoms with van der Waals surface area (Å²) in [7, 11) is 0. The molecule has 0 spiro atoms. The van der Waals surface area contributed by atoms with E-state index in [2.05, 4.69) is 18.5 Å². The molecule has 5 heteroatoms. The second-order valence-corrected chi connectivity index (χ2v) is 6.98. The summed E-state index contributed by atoms with van der Waals surface area (Å²) in [4.78, 5) is 11.9. The van der Waals surface area contributed by atoms with Gasteiger partial charge in [0.05, 0.1) is 11.8 Å². The van der Waals surface area contributed by atoms with Crippen LogP contribution in [0.3, 0.4) is 0 Å². The molecule has 0 aromatic carbocycles. The van der Waals surface area contributed by atoms with Gasteiger partial charge in [-0.3, -0.25) is 0 Å². The fourth-order valence-electron chi connectivity index (χ4n) is 1.54. The average Bonchev–Trinajstić information content (AvgIpc) is 2.18. The molecular formula is C16H29NO4. The second kappa shape index (κ2) is 7.38. The van der Waals surface area contributed by atoms with Gasteiger partial charge in [0.2, 0.25) is 0 Å². The highest BCUT2D eigenvalue weighted by atomic mass is 16.6. The van der Waals surface area contributed by atoms with Crippen LogP contribution in [0, 0.1) is 0 Å². The SMILES string of the molecule is C=C(O)CC[C@H](NC(=O)OC(C)(C)C)C(=C)OC(C)(C)C. The Morgan fingerprint density at radius 3 is 1.95 bits per heavy atom. The van der Waals surface area contributed by atoms with Gasteiger partial charge < -0.3 is 19.9 Å². The van der Waals surface area contributed by atoms with Gasteiger partial charge in [0, 0.05) is 6.42 Å². The topological polar surface area (TPSA) is 67.8 Å². The summed E-state index contributed by atoms with van der Waals surface area (Å²) in [5.41, 5.74) is -0.997. The fourth-order valence-corrected chi connectivity index (χ4v) is 1.54. The Hall–Kier alpha value is -1.65. The van der Waals surface area contributed by atoms with Crippen molar-refractivity contribution in [1.82, 2.24) is 5.32 Å². The van der Waals surface area contributed by atoms with E-state index in [1.54, 1.807) is 20.8 Å². The lowest BCUT2D eigenvalue weighted by Crippen LogP contribution is -2.41. The van der Waals surface area contributed by atoms with E-state index in [1.807, 2.05) is 20.8 Å². The van der Waals surface area contributed by atoms with Crippen LogP contribution < -0.4 is 5.32 Å². The minimum atomic E-state index is -0.582. The first-order valence-electron chi connectivity index (χ1n) is 7.04. The summed E-state index contributed by atoms with van der Waals surface area (Å²) in [6.07, 6.45) is 0.228. The molecule has 0 aromatic heterocycles. The number of ether oxygens (including phenoxy) is 2. The summed E-state index contributed by atoms with van der Waals surface area (Å²) in [5, 5.41) is 11.9. The van der Waals surface area contributed by atoms with Crippen LogP contribution in [0.5, 0.6) is 0 Å². The van der Waals surface area contributed by atoms with Crippen molar-refractivity contribution in [2.75, 3.05) is 0 Å². The number of aliphatic hydroxyl groups excluding tert-OH is 1. The second-order valence-electron chi connectivity index (χ2n) is 6.98. The van der Waals surface area contributed by atoms with Crippen LogP contribution in [-0.2, 0) is 9.47 Å². The Labute approximate surface area is 128 Å². The van der Waals surface area contributed by atoms with Crippen LogP contribution in [-0.4, -0.2) is 28.4 Å². The van der Waals surface area contributed by atoms with Crippen molar-refractivity contribution in [3.05, 3.63) is 24.7 Å². The fraction of sp³-hybridized carbons (Fsp3) is 0.688. The molecule has 1 atom stereocenters. The van der Waals surface area contributed by atoms with Crippen LogP contribution >= 0.6 is 0 Å². The molecule has 0 unspecified atom stereocenters. The standard InChI is InChI=1S/C16H29NO4/c1-11(18)9-10-13(12(2)20-15(3,4)5)17-14(19)21-16(6,7)8/h13,18H,1-2,9-10H2,3-8H3,(H,17,19)/t13-/m0/s1. The number of carbonyl (C=O) groups is 1. The molecule has 0 aromatic rings. The summed E-state index contributed by atoms with van der Waals surface area (Å²) < 4.78 is 10.9. The van der Waals surface area contributed by atoms with Crippen LogP contribution in [0.25, 0.3) is 0 Å². The Balaban J connectivity index is 4.77. The molecule has 122 valence electrons. The zero-order valence-electron chi connectivity index (χ0n) is 14.1. The molecular weight excluding hydrogens is 270 g/mol. The highest BCUT2D eigenvalue weighted by Crippen LogP contribution is 2.19. The van der Waals surface area contributed by atoms with Crippen LogP contribution in [0.1, 0.15) is 54.4 Å². The first-order chi connectivity index (χ1) is 9.30. The lowest BCUT2D eigenvalue weighted by atomic mass is 10.1. The van der Waals surface area contributed by atoms with Crippen LogP contribution in [0.2, 0.25) is 0 Å². The number of amides is 1. The number of allylic oxidation sites excluding steroid dienone is 1. The maximum absolute atomic E-state index is 11.9. The van der Waals surface area contributed by atoms with Gasteiger partial charge in [0.1, 0.15) is 17.0 Å². The van der Waals surface area contributed by atoms with Crippen LogP contribution in [0.4, 0.5) is 4.79 Å². The monoisotopic (exact) mass is 299 g/mol. The quantitative estimate of drug-likeness (QED) is 0.726. The largest absolute Gasteiger partial charge is 0.513 e. The molecule has 0 bridgehead atoms. The Morgan fingerprint density at radius 1 is 1.10 bits per heavy atom. The van der Waals surface area contributed by atoms with Gasteiger partial charge in [-0.25, -0.2) is 4.79 Å². The van der Waals surface area contributed by atoms with Crippen molar-refractivity contribution in [2.45, 2.75) is 71.6 Å². The van der Waals surface area contributed by atoms with Gasteiger partial charge >= 0.3 is 6.09 Å². The van der Waals surface area contributed by atoms with E-state index < -0.39 is 23.3 Å². The van der Waals surface area contributed by atoms with Gasteiger partial charge in [-0.2, -0.15) is 0 Å². The number of aliphatic hydroxyl groups is 1. The van der Waals surface area contributed by atoms with Gasteiger partial charge in [-0.1, -0.05) is 13.2 Å². The minimum absolute atomic E-state index is 0.0505. The Kier molecular flexibility index (Phi) is 6.80. The normalized spacial score (nSPS) is 13.2. The third kappa shape index (κ3) is 10.8. The Bertz CT molecular complexity index is 388. The summed E-state index contributed by atoms with van der Waals surface area (Å²) >= 11 is 0. The summed E-state index contributed by atoms with van der Waals surface area (Å²) in [6.45, 7) is 18.4. The molecule has 0 fully saturated rings. The van der Waals surface area contributed by atoms with Crippen molar-refractivity contribution in [3.8, 4) is 0 Å². The minimum Gasteiger partial charge on any atom is -0.513 e. The molecule has 0 aliphatic rings. The lowest BCUT2D eigenvalue weighted by molar-refractivity contribution is 0.0288. The molecule has 0 saturated carbocycles. The van der Waals surface area contributed by atoms with E-state index in [-0.39, 0.29) is 5.76 Å². The van der Waals surface area contributed by atoms with Crippen molar-refractivity contribution in [1.29, 1.82) is 0 Å². The van der Waals surface area contributed by atoms with Gasteiger partial charge in [0.15, 0.2) is 0 Å². The number of carbonyl (C=O) groups excluding carboxylic acids is 1. The summed E-state index contributed by atoms with van der Waals surface area (Å²) in [5.74, 6) is 0.476. The zero-order valence-corrected chi connectivity index (χ0v) is 14.1. The lowest BCUT2D eigenvalue weighted by Gasteiger charge is -2.29. The smallest absolute Gasteiger partial charge is 0.408 e. The molecule has 0 aliphatic carbocycles. The van der Waals surface area contributed by atoms with Crippen molar-refractivity contribution in [3.63, 3.8) is 0 Å². The first kappa shape index (κ1) is 19.4. The van der Waals surface area contributed by atoms with E-state index in [0.717, 1.165) is 0 Å². The molecule has 21 heavy (non-hydrogen) atoms. The number of nitrogens with one attached hydrogen (secondary N) is 1. The zero-order chi connectivity index (χ0) is 16.8. The van der Waals surface area contributed by atoms with Gasteiger partial charge in [-0.05, 0) is 48.0 Å². The summed E-state index contributed by atoms with van der Waals surface area (Å²) in [6, 6.07) is -0.456. The van der Waals surface area contributed by atoms with E-state index in [0.29, 0.717) is 18.6 Å². The molecule has 1 amide bonds. The first-order valence-corrected chi connectivity index (χ1v) is 7.04. The molecule has 0 rings (SSSR count). The van der Waals surface area contributed by atoms with Crippen molar-refractivity contribution >= 4 is 6.09 Å². The van der Waals surface area contributed by atoms with E-state index in [4.69, 9.17) is 9.47 Å². The molecule has 0 heterocycles. The number of alkyl carbamates (subject to hydrolysis) is 1. The third-order valence-corrected chi connectivity index (χ3v) is 2.24. The Morgan fingerprint density at radius 2 is 1.57 bits per heavy atom. The highest BCUT2D eigenvalue weighted by Gasteiger charge is 2.24. The maximum Gasteiger partial charge on any atom is 0.408 e. The van der Waals surface area contributed by atoms with Gasteiger partial charge in [0.25, 0.3) is 0 Å². The van der Waals surface area contributed by atoms with E-state index >= 15 is 0 Å². The predicted octanol–water partition coefficient (Wildman–Crippen LogP) is 4.06. The molecule has 5 nitrogen and oxygen atoms in total. The molecule has 0 radical (unpaired) electrons. The number of hydrogen-bond donors (Lipinski definition) is 2. The average molecular weight is 299 g/mol. The highest BCUT2D eigenvalue weighted by molar-refractivity contribution is 5.68.